The zero-order chi connectivity index (χ0) is 21.8. The van der Waals surface area contributed by atoms with Crippen LogP contribution in [0.1, 0.15) is 27.8 Å². The van der Waals surface area contributed by atoms with Gasteiger partial charge in [0, 0.05) is 22.1 Å². The second-order valence-electron chi connectivity index (χ2n) is 7.96. The maximum atomic E-state index is 6.36. The Morgan fingerprint density at radius 1 is 0.548 bits per heavy atom. The van der Waals surface area contributed by atoms with Crippen LogP contribution in [0.25, 0.3) is 12.2 Å². The molecule has 4 rings (SSSR count). The van der Waals surface area contributed by atoms with Crippen molar-refractivity contribution in [2.24, 2.45) is 0 Å². The van der Waals surface area contributed by atoms with Gasteiger partial charge in [0.05, 0.1) is 0 Å². The van der Waals surface area contributed by atoms with Gasteiger partial charge in [0.25, 0.3) is 0 Å². The van der Waals surface area contributed by atoms with Crippen molar-refractivity contribution in [2.75, 3.05) is 4.90 Å². The van der Waals surface area contributed by atoms with E-state index in [0.29, 0.717) is 0 Å². The predicted octanol–water partition coefficient (Wildman–Crippen LogP) is 8.91. The van der Waals surface area contributed by atoms with Gasteiger partial charge in [-0.1, -0.05) is 83.4 Å². The molecule has 154 valence electrons. The molecule has 0 heterocycles. The molecule has 31 heavy (non-hydrogen) atoms. The molecular formula is C29H26ClN. The summed E-state index contributed by atoms with van der Waals surface area (Å²) in [5, 5.41) is 0.776. The molecule has 0 aliphatic rings. The molecule has 0 unspecified atom stereocenters. The first-order chi connectivity index (χ1) is 15.0. The summed E-state index contributed by atoms with van der Waals surface area (Å²) in [6.45, 7) is 6.27. The molecule has 0 saturated carbocycles. The van der Waals surface area contributed by atoms with Crippen molar-refractivity contribution >= 4 is 40.8 Å². The fourth-order valence-corrected chi connectivity index (χ4v) is 3.82. The lowest BCUT2D eigenvalue weighted by Crippen LogP contribution is -2.09. The highest BCUT2D eigenvalue weighted by Crippen LogP contribution is 2.35. The summed E-state index contributed by atoms with van der Waals surface area (Å²) >= 11 is 6.36. The summed E-state index contributed by atoms with van der Waals surface area (Å²) in [6, 6.07) is 32.0. The summed E-state index contributed by atoms with van der Waals surface area (Å²) in [7, 11) is 0. The van der Waals surface area contributed by atoms with E-state index in [2.05, 4.69) is 116 Å². The van der Waals surface area contributed by atoms with Crippen molar-refractivity contribution in [3.05, 3.63) is 124 Å². The van der Waals surface area contributed by atoms with Gasteiger partial charge in [0.15, 0.2) is 0 Å². The van der Waals surface area contributed by atoms with Crippen molar-refractivity contribution < 1.29 is 0 Å². The molecule has 0 fully saturated rings. The lowest BCUT2D eigenvalue weighted by atomic mass is 10.1. The third-order valence-corrected chi connectivity index (χ3v) is 5.67. The number of hydrogen-bond acceptors (Lipinski definition) is 1. The molecule has 0 atom stereocenters. The Morgan fingerprint density at radius 2 is 1.00 bits per heavy atom. The first-order valence-corrected chi connectivity index (χ1v) is 10.9. The van der Waals surface area contributed by atoms with Crippen LogP contribution in [0.2, 0.25) is 5.02 Å². The van der Waals surface area contributed by atoms with Gasteiger partial charge >= 0.3 is 0 Å². The lowest BCUT2D eigenvalue weighted by molar-refractivity contribution is 1.27. The predicted molar refractivity (Wildman–Crippen MR) is 136 cm³/mol. The highest BCUT2D eigenvalue weighted by Gasteiger charge is 2.12. The average molecular weight is 424 g/mol. The molecule has 0 bridgehead atoms. The van der Waals surface area contributed by atoms with Crippen molar-refractivity contribution in [2.45, 2.75) is 20.8 Å². The van der Waals surface area contributed by atoms with Gasteiger partial charge in [0.1, 0.15) is 0 Å². The Kier molecular flexibility index (Phi) is 6.25. The summed E-state index contributed by atoms with van der Waals surface area (Å²) in [5.41, 5.74) is 9.24. The van der Waals surface area contributed by atoms with E-state index >= 15 is 0 Å². The number of benzene rings is 4. The number of hydrogen-bond donors (Lipinski definition) is 0. The Balaban J connectivity index is 1.65. The highest BCUT2D eigenvalue weighted by atomic mass is 35.5. The number of nitrogens with zero attached hydrogens (tertiary/aromatic N) is 1. The number of rotatable bonds is 5. The van der Waals surface area contributed by atoms with Crippen LogP contribution in [-0.2, 0) is 0 Å². The van der Waals surface area contributed by atoms with Crippen LogP contribution >= 0.6 is 11.6 Å². The SMILES string of the molecule is Cc1ccc(N(c2ccc(C)cc2)c2ccc(/C=C/c3ccc(C)cc3Cl)cc2)cc1. The largest absolute Gasteiger partial charge is 0.311 e. The molecule has 0 amide bonds. The van der Waals surface area contributed by atoms with Crippen LogP contribution in [0.5, 0.6) is 0 Å². The van der Waals surface area contributed by atoms with Gasteiger partial charge in [-0.2, -0.15) is 0 Å². The van der Waals surface area contributed by atoms with Crippen LogP contribution < -0.4 is 4.90 Å². The van der Waals surface area contributed by atoms with Gasteiger partial charge in [-0.05, 0) is 79.9 Å². The molecule has 0 aromatic heterocycles. The Bertz CT molecular complexity index is 1140. The third-order valence-electron chi connectivity index (χ3n) is 5.35. The summed E-state index contributed by atoms with van der Waals surface area (Å²) in [4.78, 5) is 2.28. The van der Waals surface area contributed by atoms with Crippen molar-refractivity contribution in [1.82, 2.24) is 0 Å². The molecule has 0 spiro atoms. The van der Waals surface area contributed by atoms with Gasteiger partial charge in [-0.3, -0.25) is 0 Å². The zero-order valence-electron chi connectivity index (χ0n) is 18.1. The van der Waals surface area contributed by atoms with Crippen LogP contribution in [0.15, 0.2) is 91.0 Å². The molecule has 2 heteroatoms. The minimum atomic E-state index is 0.776. The summed E-state index contributed by atoms with van der Waals surface area (Å²) in [5.74, 6) is 0. The smallest absolute Gasteiger partial charge is 0.0481 e. The van der Waals surface area contributed by atoms with Gasteiger partial charge in [0.2, 0.25) is 0 Å². The molecule has 0 radical (unpaired) electrons. The fraction of sp³-hybridized carbons (Fsp3) is 0.103. The number of anilines is 3. The quantitative estimate of drug-likeness (QED) is 0.289. The Hall–Kier alpha value is -3.29. The fourth-order valence-electron chi connectivity index (χ4n) is 3.52. The summed E-state index contributed by atoms with van der Waals surface area (Å²) < 4.78 is 0. The van der Waals surface area contributed by atoms with E-state index in [1.54, 1.807) is 0 Å². The topological polar surface area (TPSA) is 3.24 Å². The standard InChI is InChI=1S/C29H26ClN/c1-21-5-14-26(15-6-21)31(27-16-7-22(2)8-17-27)28-18-10-24(11-19-28)9-13-25-12-4-23(3)20-29(25)30/h4-20H,1-3H3/b13-9+. The average Bonchev–Trinajstić information content (AvgIpc) is 2.77. The first kappa shape index (κ1) is 21.0. The van der Waals surface area contributed by atoms with Crippen LogP contribution in [0, 0.1) is 20.8 Å². The maximum absolute atomic E-state index is 6.36. The Labute approximate surface area is 190 Å². The van der Waals surface area contributed by atoms with E-state index in [1.165, 1.54) is 16.7 Å². The monoisotopic (exact) mass is 423 g/mol. The lowest BCUT2D eigenvalue weighted by Gasteiger charge is -2.25. The summed E-state index contributed by atoms with van der Waals surface area (Å²) in [6.07, 6.45) is 4.16. The number of halogens is 1. The van der Waals surface area contributed by atoms with E-state index in [-0.39, 0.29) is 0 Å². The van der Waals surface area contributed by atoms with Gasteiger partial charge in [-0.15, -0.1) is 0 Å². The van der Waals surface area contributed by atoms with Gasteiger partial charge in [-0.25, -0.2) is 0 Å². The number of aryl methyl sites for hydroxylation is 3. The molecule has 1 nitrogen and oxygen atoms in total. The molecule has 4 aromatic carbocycles. The van der Waals surface area contributed by atoms with E-state index in [4.69, 9.17) is 11.6 Å². The second kappa shape index (κ2) is 9.24. The second-order valence-corrected chi connectivity index (χ2v) is 8.36. The minimum absolute atomic E-state index is 0.776. The normalized spacial score (nSPS) is 11.1. The van der Waals surface area contributed by atoms with E-state index in [0.717, 1.165) is 33.2 Å². The van der Waals surface area contributed by atoms with Gasteiger partial charge < -0.3 is 4.90 Å². The highest BCUT2D eigenvalue weighted by molar-refractivity contribution is 6.32. The van der Waals surface area contributed by atoms with Crippen molar-refractivity contribution in [3.63, 3.8) is 0 Å². The molecule has 0 aliphatic heterocycles. The molecule has 4 aromatic rings. The van der Waals surface area contributed by atoms with E-state index in [9.17, 15) is 0 Å². The molecule has 0 aliphatic carbocycles. The maximum Gasteiger partial charge on any atom is 0.0481 e. The van der Waals surface area contributed by atoms with Crippen molar-refractivity contribution in [3.8, 4) is 0 Å². The molecule has 0 N–H and O–H groups in total. The Morgan fingerprint density at radius 3 is 1.48 bits per heavy atom. The van der Waals surface area contributed by atoms with Crippen LogP contribution in [-0.4, -0.2) is 0 Å². The van der Waals surface area contributed by atoms with Crippen LogP contribution in [0.4, 0.5) is 17.1 Å². The minimum Gasteiger partial charge on any atom is -0.311 e. The van der Waals surface area contributed by atoms with Crippen molar-refractivity contribution in [1.29, 1.82) is 0 Å². The first-order valence-electron chi connectivity index (χ1n) is 10.5. The zero-order valence-corrected chi connectivity index (χ0v) is 18.9. The molecular weight excluding hydrogens is 398 g/mol. The van der Waals surface area contributed by atoms with E-state index in [1.807, 2.05) is 13.0 Å². The van der Waals surface area contributed by atoms with Crippen LogP contribution in [0.3, 0.4) is 0 Å². The van der Waals surface area contributed by atoms with E-state index < -0.39 is 0 Å². The molecule has 0 saturated heterocycles. The third kappa shape index (κ3) is 5.07.